The van der Waals surface area contributed by atoms with Crippen LogP contribution in [0.1, 0.15) is 52.4 Å². The van der Waals surface area contributed by atoms with Gasteiger partial charge in [0, 0.05) is 6.04 Å². The molecule has 0 radical (unpaired) electrons. The van der Waals surface area contributed by atoms with Crippen molar-refractivity contribution in [1.29, 1.82) is 0 Å². The molecule has 3 N–H and O–H groups in total. The molecule has 3 nitrogen and oxygen atoms in total. The van der Waals surface area contributed by atoms with Crippen LogP contribution in [0.3, 0.4) is 0 Å². The highest BCUT2D eigenvalue weighted by Crippen LogP contribution is 2.22. The number of primary amides is 1. The van der Waals surface area contributed by atoms with Crippen molar-refractivity contribution in [3.05, 3.63) is 0 Å². The van der Waals surface area contributed by atoms with Crippen LogP contribution in [0.4, 0.5) is 0 Å². The number of amides is 1. The van der Waals surface area contributed by atoms with Crippen LogP contribution in [0.5, 0.6) is 0 Å². The molecule has 15 heavy (non-hydrogen) atoms. The normalized spacial score (nSPS) is 29.5. The third-order valence-corrected chi connectivity index (χ3v) is 3.45. The molecule has 0 heterocycles. The van der Waals surface area contributed by atoms with Crippen LogP contribution in [0.2, 0.25) is 0 Å². The monoisotopic (exact) mass is 212 g/mol. The van der Waals surface area contributed by atoms with Crippen molar-refractivity contribution >= 4 is 5.91 Å². The first kappa shape index (κ1) is 12.5. The van der Waals surface area contributed by atoms with Crippen molar-refractivity contribution in [2.24, 2.45) is 11.7 Å². The fourth-order valence-electron chi connectivity index (χ4n) is 2.34. The van der Waals surface area contributed by atoms with E-state index >= 15 is 0 Å². The Labute approximate surface area is 92.8 Å². The summed E-state index contributed by atoms with van der Waals surface area (Å²) in [6, 6.07) is 0.357. The number of carbonyl (C=O) groups is 1. The molecular weight excluding hydrogens is 188 g/mol. The zero-order valence-electron chi connectivity index (χ0n) is 9.96. The number of hydrogen-bond acceptors (Lipinski definition) is 2. The number of carbonyl (C=O) groups excluding carboxylic acids is 1. The summed E-state index contributed by atoms with van der Waals surface area (Å²) in [7, 11) is 0. The van der Waals surface area contributed by atoms with E-state index in [1.807, 2.05) is 6.92 Å². The van der Waals surface area contributed by atoms with E-state index in [2.05, 4.69) is 12.2 Å². The zero-order chi connectivity index (χ0) is 11.3. The Bertz CT molecular complexity index is 206. The van der Waals surface area contributed by atoms with E-state index in [1.165, 1.54) is 32.1 Å². The molecule has 1 aliphatic carbocycles. The van der Waals surface area contributed by atoms with Crippen molar-refractivity contribution in [1.82, 2.24) is 5.32 Å². The van der Waals surface area contributed by atoms with Gasteiger partial charge in [0.1, 0.15) is 0 Å². The minimum Gasteiger partial charge on any atom is -0.368 e. The molecule has 0 aromatic heterocycles. The summed E-state index contributed by atoms with van der Waals surface area (Å²) in [6.07, 6.45) is 7.03. The van der Waals surface area contributed by atoms with Crippen LogP contribution in [0.15, 0.2) is 0 Å². The molecule has 0 aliphatic heterocycles. The predicted octanol–water partition coefficient (Wildman–Crippen LogP) is 1.81. The van der Waals surface area contributed by atoms with E-state index in [1.54, 1.807) is 0 Å². The molecule has 0 bridgehead atoms. The van der Waals surface area contributed by atoms with Gasteiger partial charge in [0.2, 0.25) is 5.91 Å². The van der Waals surface area contributed by atoms with Gasteiger partial charge in [-0.1, -0.05) is 26.7 Å². The summed E-state index contributed by atoms with van der Waals surface area (Å²) in [5.74, 6) is 0.625. The van der Waals surface area contributed by atoms with Crippen LogP contribution in [-0.4, -0.2) is 18.0 Å². The molecule has 3 heteroatoms. The molecule has 1 aliphatic rings. The summed E-state index contributed by atoms with van der Waals surface area (Å²) < 4.78 is 0. The molecule has 0 aromatic rings. The second-order valence-corrected chi connectivity index (χ2v) is 4.84. The quantitative estimate of drug-likeness (QED) is 0.698. The molecule has 3 unspecified atom stereocenters. The van der Waals surface area contributed by atoms with E-state index in [9.17, 15) is 4.79 Å². The van der Waals surface area contributed by atoms with Crippen molar-refractivity contribution < 1.29 is 4.79 Å². The number of rotatable bonds is 4. The molecule has 88 valence electrons. The van der Waals surface area contributed by atoms with Crippen molar-refractivity contribution in [2.45, 2.75) is 64.5 Å². The van der Waals surface area contributed by atoms with Crippen LogP contribution < -0.4 is 11.1 Å². The van der Waals surface area contributed by atoms with E-state index < -0.39 is 0 Å². The second kappa shape index (κ2) is 6.11. The lowest BCUT2D eigenvalue weighted by Crippen LogP contribution is -2.45. The summed E-state index contributed by atoms with van der Waals surface area (Å²) >= 11 is 0. The molecule has 1 saturated carbocycles. The van der Waals surface area contributed by atoms with Crippen LogP contribution in [0.25, 0.3) is 0 Å². The van der Waals surface area contributed by atoms with Gasteiger partial charge >= 0.3 is 0 Å². The van der Waals surface area contributed by atoms with E-state index in [-0.39, 0.29) is 11.9 Å². The molecule has 0 saturated heterocycles. The van der Waals surface area contributed by atoms with Gasteiger partial charge < -0.3 is 11.1 Å². The van der Waals surface area contributed by atoms with Gasteiger partial charge in [0.25, 0.3) is 0 Å². The van der Waals surface area contributed by atoms with Gasteiger partial charge in [0.15, 0.2) is 0 Å². The molecule has 1 fully saturated rings. The average Bonchev–Trinajstić information content (AvgIpc) is 2.39. The zero-order valence-corrected chi connectivity index (χ0v) is 9.96. The molecular formula is C12H24N2O. The largest absolute Gasteiger partial charge is 0.368 e. The average molecular weight is 212 g/mol. The van der Waals surface area contributed by atoms with Gasteiger partial charge in [0.05, 0.1) is 6.04 Å². The Morgan fingerprint density at radius 3 is 2.73 bits per heavy atom. The second-order valence-electron chi connectivity index (χ2n) is 4.84. The first-order valence-corrected chi connectivity index (χ1v) is 6.18. The summed E-state index contributed by atoms with van der Waals surface area (Å²) in [5.41, 5.74) is 5.33. The Balaban J connectivity index is 2.39. The highest BCUT2D eigenvalue weighted by Gasteiger charge is 2.20. The Morgan fingerprint density at radius 2 is 2.13 bits per heavy atom. The fraction of sp³-hybridized carbons (Fsp3) is 0.917. The third kappa shape index (κ3) is 4.20. The lowest BCUT2D eigenvalue weighted by molar-refractivity contribution is -0.120. The lowest BCUT2D eigenvalue weighted by atomic mass is 10.0. The van der Waals surface area contributed by atoms with Crippen LogP contribution in [-0.2, 0) is 4.79 Å². The molecule has 0 spiro atoms. The fourth-order valence-corrected chi connectivity index (χ4v) is 2.34. The predicted molar refractivity (Wildman–Crippen MR) is 62.4 cm³/mol. The first-order valence-electron chi connectivity index (χ1n) is 6.18. The molecule has 3 atom stereocenters. The number of hydrogen-bond donors (Lipinski definition) is 2. The van der Waals surface area contributed by atoms with Crippen molar-refractivity contribution in [3.63, 3.8) is 0 Å². The van der Waals surface area contributed by atoms with Gasteiger partial charge in [-0.15, -0.1) is 0 Å². The van der Waals surface area contributed by atoms with Crippen molar-refractivity contribution in [3.8, 4) is 0 Å². The SMILES string of the molecule is CCC(NC1CCCC(C)CC1)C(N)=O. The lowest BCUT2D eigenvalue weighted by Gasteiger charge is -2.21. The topological polar surface area (TPSA) is 55.1 Å². The Kier molecular flexibility index (Phi) is 5.09. The first-order chi connectivity index (χ1) is 7.13. The van der Waals surface area contributed by atoms with E-state index in [0.29, 0.717) is 6.04 Å². The highest BCUT2D eigenvalue weighted by atomic mass is 16.1. The summed E-state index contributed by atoms with van der Waals surface area (Å²) in [6.45, 7) is 4.32. The standard InChI is InChI=1S/C12H24N2O/c1-3-11(12(13)15)14-10-6-4-5-9(2)7-8-10/h9-11,14H,3-8H2,1-2H3,(H2,13,15). The molecule has 0 aromatic carbocycles. The maximum Gasteiger partial charge on any atom is 0.234 e. The van der Waals surface area contributed by atoms with Crippen molar-refractivity contribution in [2.75, 3.05) is 0 Å². The Morgan fingerprint density at radius 1 is 1.40 bits per heavy atom. The Hall–Kier alpha value is -0.570. The van der Waals surface area contributed by atoms with Crippen LogP contribution in [0, 0.1) is 5.92 Å². The smallest absolute Gasteiger partial charge is 0.234 e. The van der Waals surface area contributed by atoms with Gasteiger partial charge in [-0.2, -0.15) is 0 Å². The molecule has 1 rings (SSSR count). The number of nitrogens with two attached hydrogens (primary N) is 1. The van der Waals surface area contributed by atoms with E-state index in [0.717, 1.165) is 12.3 Å². The maximum atomic E-state index is 11.1. The third-order valence-electron chi connectivity index (χ3n) is 3.45. The minimum atomic E-state index is -0.213. The van der Waals surface area contributed by atoms with E-state index in [4.69, 9.17) is 5.73 Å². The molecule has 1 amide bonds. The maximum absolute atomic E-state index is 11.1. The van der Waals surface area contributed by atoms with Gasteiger partial charge in [-0.25, -0.2) is 0 Å². The summed E-state index contributed by atoms with van der Waals surface area (Å²) in [5, 5.41) is 3.39. The van der Waals surface area contributed by atoms with Crippen LogP contribution >= 0.6 is 0 Å². The number of nitrogens with one attached hydrogen (secondary N) is 1. The highest BCUT2D eigenvalue weighted by molar-refractivity contribution is 5.79. The minimum absolute atomic E-state index is 0.136. The van der Waals surface area contributed by atoms with Gasteiger partial charge in [-0.05, 0) is 31.6 Å². The van der Waals surface area contributed by atoms with Gasteiger partial charge in [-0.3, -0.25) is 4.79 Å². The summed E-state index contributed by atoms with van der Waals surface area (Å²) in [4.78, 5) is 11.1.